The van der Waals surface area contributed by atoms with Crippen molar-refractivity contribution in [2.24, 2.45) is 0 Å². The van der Waals surface area contributed by atoms with E-state index >= 15 is 0 Å². The van der Waals surface area contributed by atoms with Crippen LogP contribution in [0.3, 0.4) is 0 Å². The van der Waals surface area contributed by atoms with Gasteiger partial charge in [0.05, 0.1) is 54.4 Å². The van der Waals surface area contributed by atoms with Gasteiger partial charge in [0.1, 0.15) is 0 Å². The number of nitrogens with one attached hydrogen (secondary N) is 1. The minimum absolute atomic E-state index is 0.134. The highest BCUT2D eigenvalue weighted by Crippen LogP contribution is 2.41. The molecule has 0 aliphatic carbocycles. The highest BCUT2D eigenvalue weighted by molar-refractivity contribution is 7.15. The van der Waals surface area contributed by atoms with E-state index in [-0.39, 0.29) is 11.8 Å². The van der Waals surface area contributed by atoms with E-state index in [9.17, 15) is 9.59 Å². The average Bonchev–Trinajstić information content (AvgIpc) is 3.26. The zero-order valence-corrected chi connectivity index (χ0v) is 21.9. The van der Waals surface area contributed by atoms with Crippen LogP contribution >= 0.6 is 11.3 Å². The number of anilines is 3. The number of amides is 2. The van der Waals surface area contributed by atoms with Crippen LogP contribution in [-0.2, 0) is 6.54 Å². The molecule has 0 unspecified atom stereocenters. The normalized spacial score (nSPS) is 15.7. The molecule has 6 rings (SSSR count). The summed E-state index contributed by atoms with van der Waals surface area (Å²) in [6.45, 7) is 8.36. The molecule has 37 heavy (non-hydrogen) atoms. The van der Waals surface area contributed by atoms with E-state index in [2.05, 4.69) is 56.9 Å². The van der Waals surface area contributed by atoms with E-state index in [0.717, 1.165) is 70.9 Å². The SMILES string of the molecule is Cc1nc(NC(=O)c2cccc3c2C(=O)N(c2ccc4ccccc4c2N2CCC[NH2+]CC2)C3)sc1C. The molecule has 7 nitrogen and oxygen atoms in total. The first kappa shape index (κ1) is 23.6. The third-order valence-electron chi connectivity index (χ3n) is 7.36. The molecule has 8 heteroatoms. The molecule has 2 amide bonds. The summed E-state index contributed by atoms with van der Waals surface area (Å²) in [5, 5.41) is 8.13. The molecule has 3 heterocycles. The molecule has 2 aliphatic heterocycles. The molecule has 3 N–H and O–H groups in total. The first-order chi connectivity index (χ1) is 18.0. The maximum Gasteiger partial charge on any atom is 0.259 e. The van der Waals surface area contributed by atoms with Gasteiger partial charge in [-0.2, -0.15) is 0 Å². The van der Waals surface area contributed by atoms with Crippen LogP contribution < -0.4 is 20.4 Å². The topological polar surface area (TPSA) is 82.2 Å². The third kappa shape index (κ3) is 4.26. The van der Waals surface area contributed by atoms with Gasteiger partial charge < -0.3 is 15.1 Å². The lowest BCUT2D eigenvalue weighted by molar-refractivity contribution is -0.650. The van der Waals surface area contributed by atoms with Gasteiger partial charge in [0.15, 0.2) is 5.13 Å². The van der Waals surface area contributed by atoms with Crippen LogP contribution in [0.1, 0.15) is 43.3 Å². The van der Waals surface area contributed by atoms with Crippen LogP contribution in [0.5, 0.6) is 0 Å². The van der Waals surface area contributed by atoms with Crippen molar-refractivity contribution in [1.82, 2.24) is 4.98 Å². The maximum atomic E-state index is 14.0. The Kier molecular flexibility index (Phi) is 6.14. The van der Waals surface area contributed by atoms with E-state index < -0.39 is 0 Å². The molecule has 2 aliphatic rings. The molecular formula is C29H30N5O2S+. The fourth-order valence-electron chi connectivity index (χ4n) is 5.38. The minimum atomic E-state index is -0.303. The number of hydrogen-bond donors (Lipinski definition) is 2. The van der Waals surface area contributed by atoms with Crippen molar-refractivity contribution in [1.29, 1.82) is 0 Å². The zero-order valence-electron chi connectivity index (χ0n) is 21.1. The third-order valence-corrected chi connectivity index (χ3v) is 8.35. The first-order valence-corrected chi connectivity index (χ1v) is 13.6. The Labute approximate surface area is 220 Å². The smallest absolute Gasteiger partial charge is 0.259 e. The molecular weight excluding hydrogens is 482 g/mol. The van der Waals surface area contributed by atoms with Gasteiger partial charge >= 0.3 is 0 Å². The van der Waals surface area contributed by atoms with Gasteiger partial charge in [-0.1, -0.05) is 42.5 Å². The lowest BCUT2D eigenvalue weighted by atomic mass is 10.0. The van der Waals surface area contributed by atoms with Crippen LogP contribution in [0.4, 0.5) is 16.5 Å². The standard InChI is InChI=1S/C29H29N5O2S/c1-18-19(2)37-29(31-18)32-27(35)23-10-5-8-21-17-34(28(36)25(21)23)24-12-11-20-7-3-4-9-22(20)26(24)33-15-6-13-30-14-16-33/h3-5,7-12,30H,6,13-17H2,1-2H3,(H,31,32,35)/p+1. The predicted octanol–water partition coefficient (Wildman–Crippen LogP) is 4.10. The molecule has 188 valence electrons. The quantitative estimate of drug-likeness (QED) is 0.431. The number of carbonyl (C=O) groups excluding carboxylic acids is 2. The van der Waals surface area contributed by atoms with Gasteiger partial charge in [-0.15, -0.1) is 11.3 Å². The minimum Gasteiger partial charge on any atom is -0.363 e. The predicted molar refractivity (Wildman–Crippen MR) is 149 cm³/mol. The lowest BCUT2D eigenvalue weighted by Gasteiger charge is -2.29. The number of fused-ring (bicyclic) bond motifs is 2. The van der Waals surface area contributed by atoms with Crippen LogP contribution in [0.15, 0.2) is 54.6 Å². The Morgan fingerprint density at radius 3 is 2.73 bits per heavy atom. The fourth-order valence-corrected chi connectivity index (χ4v) is 6.19. The zero-order chi connectivity index (χ0) is 25.5. The first-order valence-electron chi connectivity index (χ1n) is 12.8. The second kappa shape index (κ2) is 9.61. The number of nitrogens with zero attached hydrogens (tertiary/aromatic N) is 3. The highest BCUT2D eigenvalue weighted by atomic mass is 32.1. The average molecular weight is 513 g/mol. The molecule has 0 spiro atoms. The summed E-state index contributed by atoms with van der Waals surface area (Å²) in [5.41, 5.74) is 4.65. The fraction of sp³-hybridized carbons (Fsp3) is 0.276. The number of quaternary nitrogens is 1. The van der Waals surface area contributed by atoms with Gasteiger partial charge in [0.2, 0.25) is 0 Å². The number of hydrogen-bond acceptors (Lipinski definition) is 5. The van der Waals surface area contributed by atoms with Crippen molar-refractivity contribution in [3.05, 3.63) is 81.9 Å². The van der Waals surface area contributed by atoms with Gasteiger partial charge in [-0.05, 0) is 36.9 Å². The summed E-state index contributed by atoms with van der Waals surface area (Å²) in [5.74, 6) is -0.437. The molecule has 1 saturated heterocycles. The van der Waals surface area contributed by atoms with E-state index in [4.69, 9.17) is 0 Å². The number of benzene rings is 3. The van der Waals surface area contributed by atoms with Crippen LogP contribution in [0, 0.1) is 13.8 Å². The number of thiazole rings is 1. The molecule has 0 atom stereocenters. The second-order valence-corrected chi connectivity index (χ2v) is 10.9. The summed E-state index contributed by atoms with van der Waals surface area (Å²) in [7, 11) is 0. The van der Waals surface area contributed by atoms with Crippen LogP contribution in [0.25, 0.3) is 10.8 Å². The Bertz CT molecular complexity index is 1500. The van der Waals surface area contributed by atoms with E-state index in [1.165, 1.54) is 11.3 Å². The maximum absolute atomic E-state index is 14.0. The molecule has 1 aromatic heterocycles. The molecule has 1 fully saturated rings. The molecule has 3 aromatic carbocycles. The van der Waals surface area contributed by atoms with Gasteiger partial charge in [0.25, 0.3) is 11.8 Å². The number of aryl methyl sites for hydroxylation is 2. The second-order valence-electron chi connectivity index (χ2n) is 9.71. The Balaban J connectivity index is 1.39. The van der Waals surface area contributed by atoms with Crippen molar-refractivity contribution in [3.63, 3.8) is 0 Å². The van der Waals surface area contributed by atoms with Gasteiger partial charge in [0, 0.05) is 23.2 Å². The van der Waals surface area contributed by atoms with E-state index in [1.54, 1.807) is 6.07 Å². The van der Waals surface area contributed by atoms with Crippen molar-refractivity contribution in [2.75, 3.05) is 41.3 Å². The van der Waals surface area contributed by atoms with Gasteiger partial charge in [-0.3, -0.25) is 14.9 Å². The number of rotatable bonds is 4. The Hall–Kier alpha value is -3.75. The molecule has 0 radical (unpaired) electrons. The molecule has 0 saturated carbocycles. The summed E-state index contributed by atoms with van der Waals surface area (Å²) in [4.78, 5) is 37.0. The van der Waals surface area contributed by atoms with E-state index in [0.29, 0.717) is 22.8 Å². The van der Waals surface area contributed by atoms with Crippen molar-refractivity contribution in [2.45, 2.75) is 26.8 Å². The molecule has 0 bridgehead atoms. The molecule has 4 aromatic rings. The highest BCUT2D eigenvalue weighted by Gasteiger charge is 2.35. The number of nitrogens with two attached hydrogens (primary N) is 1. The van der Waals surface area contributed by atoms with Crippen molar-refractivity contribution < 1.29 is 14.9 Å². The summed E-state index contributed by atoms with van der Waals surface area (Å²) >= 11 is 1.44. The van der Waals surface area contributed by atoms with Crippen molar-refractivity contribution >= 4 is 50.4 Å². The number of carbonyl (C=O) groups is 2. The van der Waals surface area contributed by atoms with Crippen LogP contribution in [-0.4, -0.2) is 43.0 Å². The summed E-state index contributed by atoms with van der Waals surface area (Å²) < 4.78 is 0. The Morgan fingerprint density at radius 2 is 1.89 bits per heavy atom. The Morgan fingerprint density at radius 1 is 1.03 bits per heavy atom. The van der Waals surface area contributed by atoms with Crippen molar-refractivity contribution in [3.8, 4) is 0 Å². The summed E-state index contributed by atoms with van der Waals surface area (Å²) in [6.07, 6.45) is 1.09. The monoisotopic (exact) mass is 512 g/mol. The van der Waals surface area contributed by atoms with Crippen LogP contribution in [0.2, 0.25) is 0 Å². The van der Waals surface area contributed by atoms with Gasteiger partial charge in [-0.25, -0.2) is 4.98 Å². The summed E-state index contributed by atoms with van der Waals surface area (Å²) in [6, 6.07) is 18.1. The number of aromatic nitrogens is 1. The van der Waals surface area contributed by atoms with E-state index in [1.807, 2.05) is 30.9 Å². The largest absolute Gasteiger partial charge is 0.363 e. The lowest BCUT2D eigenvalue weighted by Crippen LogP contribution is -2.84.